The summed E-state index contributed by atoms with van der Waals surface area (Å²) in [5.41, 5.74) is 0.312. The van der Waals surface area contributed by atoms with Gasteiger partial charge in [0.2, 0.25) is 0 Å². The third-order valence-corrected chi connectivity index (χ3v) is 4.47. The van der Waals surface area contributed by atoms with Gasteiger partial charge in [0.15, 0.2) is 0 Å². The minimum Gasteiger partial charge on any atom is -0.385 e. The van der Waals surface area contributed by atoms with E-state index in [2.05, 4.69) is 19.2 Å². The summed E-state index contributed by atoms with van der Waals surface area (Å²) >= 11 is 0. The molecule has 0 radical (unpaired) electrons. The lowest BCUT2D eigenvalue weighted by molar-refractivity contribution is -0.192. The summed E-state index contributed by atoms with van der Waals surface area (Å²) in [6.07, 6.45) is 5.43. The van der Waals surface area contributed by atoms with Gasteiger partial charge in [0, 0.05) is 37.7 Å². The molecule has 3 unspecified atom stereocenters. The first-order valence-corrected chi connectivity index (χ1v) is 7.02. The fraction of sp³-hybridized carbons (Fsp3) is 1.00. The first-order chi connectivity index (χ1) is 8.18. The molecule has 1 saturated carbocycles. The Morgan fingerprint density at radius 3 is 2.94 bits per heavy atom. The minimum absolute atomic E-state index is 0.312. The zero-order valence-electron chi connectivity index (χ0n) is 11.5. The fourth-order valence-corrected chi connectivity index (χ4v) is 3.57. The average molecular weight is 241 g/mol. The van der Waals surface area contributed by atoms with Crippen LogP contribution in [0.2, 0.25) is 0 Å². The fourth-order valence-electron chi connectivity index (χ4n) is 3.57. The van der Waals surface area contributed by atoms with Crippen molar-refractivity contribution in [3.05, 3.63) is 0 Å². The lowest BCUT2D eigenvalue weighted by Crippen LogP contribution is -2.69. The van der Waals surface area contributed by atoms with E-state index in [1.54, 1.807) is 7.11 Å². The van der Waals surface area contributed by atoms with Gasteiger partial charge >= 0.3 is 0 Å². The van der Waals surface area contributed by atoms with Crippen molar-refractivity contribution in [2.75, 3.05) is 26.9 Å². The lowest BCUT2D eigenvalue weighted by Gasteiger charge is -2.60. The highest BCUT2D eigenvalue weighted by atomic mass is 16.5. The summed E-state index contributed by atoms with van der Waals surface area (Å²) in [5.74, 6) is 0.751. The van der Waals surface area contributed by atoms with Crippen molar-refractivity contribution in [1.29, 1.82) is 0 Å². The number of methoxy groups -OCH3 is 1. The van der Waals surface area contributed by atoms with Gasteiger partial charge in [-0.25, -0.2) is 0 Å². The number of hydrogen-bond donors (Lipinski definition) is 1. The van der Waals surface area contributed by atoms with Crippen molar-refractivity contribution in [2.45, 2.75) is 51.7 Å². The monoisotopic (exact) mass is 241 g/mol. The zero-order chi connectivity index (χ0) is 12.3. The van der Waals surface area contributed by atoms with Gasteiger partial charge in [-0.3, -0.25) is 0 Å². The number of unbranched alkanes of at least 4 members (excludes halogenated alkanes) is 1. The van der Waals surface area contributed by atoms with E-state index in [0.717, 1.165) is 32.1 Å². The first kappa shape index (κ1) is 13.3. The molecule has 3 nitrogen and oxygen atoms in total. The van der Waals surface area contributed by atoms with Crippen molar-refractivity contribution in [2.24, 2.45) is 11.3 Å². The summed E-state index contributed by atoms with van der Waals surface area (Å²) in [4.78, 5) is 0. The molecule has 2 aliphatic rings. The predicted molar refractivity (Wildman–Crippen MR) is 69.1 cm³/mol. The van der Waals surface area contributed by atoms with E-state index in [-0.39, 0.29) is 0 Å². The number of nitrogens with one attached hydrogen (secondary N) is 1. The third-order valence-electron chi connectivity index (χ3n) is 4.47. The number of fused-ring (bicyclic) bond motifs is 1. The van der Waals surface area contributed by atoms with Gasteiger partial charge < -0.3 is 14.8 Å². The highest BCUT2D eigenvalue weighted by molar-refractivity contribution is 5.10. The van der Waals surface area contributed by atoms with Crippen LogP contribution in [-0.4, -0.2) is 39.0 Å². The van der Waals surface area contributed by atoms with E-state index in [4.69, 9.17) is 9.47 Å². The highest BCUT2D eigenvalue weighted by Gasteiger charge is 2.57. The molecule has 1 aliphatic heterocycles. The second-order valence-electron chi connectivity index (χ2n) is 6.05. The molecule has 1 saturated heterocycles. The van der Waals surface area contributed by atoms with Crippen LogP contribution in [0.5, 0.6) is 0 Å². The van der Waals surface area contributed by atoms with Gasteiger partial charge in [-0.1, -0.05) is 13.8 Å². The zero-order valence-corrected chi connectivity index (χ0v) is 11.5. The quantitative estimate of drug-likeness (QED) is 0.723. The second kappa shape index (κ2) is 5.68. The van der Waals surface area contributed by atoms with E-state index in [1.165, 1.54) is 19.3 Å². The van der Waals surface area contributed by atoms with E-state index < -0.39 is 0 Å². The van der Waals surface area contributed by atoms with Crippen LogP contribution in [0.25, 0.3) is 0 Å². The first-order valence-electron chi connectivity index (χ1n) is 7.02. The number of ether oxygens (including phenoxy) is 2. The van der Waals surface area contributed by atoms with E-state index in [0.29, 0.717) is 17.6 Å². The van der Waals surface area contributed by atoms with Crippen molar-refractivity contribution >= 4 is 0 Å². The molecule has 2 fully saturated rings. The highest BCUT2D eigenvalue weighted by Crippen LogP contribution is 2.51. The van der Waals surface area contributed by atoms with Crippen LogP contribution >= 0.6 is 0 Å². The van der Waals surface area contributed by atoms with Crippen LogP contribution in [0.4, 0.5) is 0 Å². The van der Waals surface area contributed by atoms with E-state index in [9.17, 15) is 0 Å². The summed E-state index contributed by atoms with van der Waals surface area (Å²) < 4.78 is 11.0. The van der Waals surface area contributed by atoms with Gasteiger partial charge in [-0.2, -0.15) is 0 Å². The Morgan fingerprint density at radius 2 is 2.18 bits per heavy atom. The number of hydrogen-bond acceptors (Lipinski definition) is 3. The predicted octanol–water partition coefficient (Wildman–Crippen LogP) is 2.21. The maximum Gasteiger partial charge on any atom is 0.0684 e. The summed E-state index contributed by atoms with van der Waals surface area (Å²) in [6.45, 7) is 7.63. The second-order valence-corrected chi connectivity index (χ2v) is 6.05. The van der Waals surface area contributed by atoms with Gasteiger partial charge in [0.05, 0.1) is 6.10 Å². The van der Waals surface area contributed by atoms with Crippen LogP contribution in [0.3, 0.4) is 0 Å². The molecular weight excluding hydrogens is 214 g/mol. The minimum atomic E-state index is 0.312. The van der Waals surface area contributed by atoms with Crippen molar-refractivity contribution < 1.29 is 9.47 Å². The maximum atomic E-state index is 5.91. The Balaban J connectivity index is 1.72. The molecule has 2 rings (SSSR count). The van der Waals surface area contributed by atoms with Crippen LogP contribution < -0.4 is 5.32 Å². The smallest absolute Gasteiger partial charge is 0.0684 e. The molecule has 0 aromatic carbocycles. The van der Waals surface area contributed by atoms with Crippen LogP contribution in [0, 0.1) is 11.3 Å². The van der Waals surface area contributed by atoms with Crippen molar-refractivity contribution in [3.63, 3.8) is 0 Å². The molecule has 0 aromatic heterocycles. The molecule has 0 aromatic rings. The Bertz CT molecular complexity index is 242. The normalized spacial score (nSPS) is 35.1. The van der Waals surface area contributed by atoms with Crippen molar-refractivity contribution in [3.8, 4) is 0 Å². The van der Waals surface area contributed by atoms with Crippen LogP contribution in [-0.2, 0) is 9.47 Å². The Morgan fingerprint density at radius 1 is 1.35 bits per heavy atom. The van der Waals surface area contributed by atoms with Gasteiger partial charge in [0.25, 0.3) is 0 Å². The van der Waals surface area contributed by atoms with Gasteiger partial charge in [-0.05, 0) is 32.2 Å². The molecule has 0 spiro atoms. The topological polar surface area (TPSA) is 30.5 Å². The third kappa shape index (κ3) is 2.67. The summed E-state index contributed by atoms with van der Waals surface area (Å²) in [7, 11) is 1.77. The molecule has 0 bridgehead atoms. The molecule has 1 aliphatic carbocycles. The molecule has 1 N–H and O–H groups in total. The molecule has 3 atom stereocenters. The SMILES string of the molecule is COCCCCNC1C2CCCOC2C1(C)C. The van der Waals surface area contributed by atoms with Crippen LogP contribution in [0.1, 0.15) is 39.5 Å². The van der Waals surface area contributed by atoms with Gasteiger partial charge in [0.1, 0.15) is 0 Å². The van der Waals surface area contributed by atoms with Crippen LogP contribution in [0.15, 0.2) is 0 Å². The Kier molecular flexibility index (Phi) is 4.45. The molecule has 1 heterocycles. The lowest BCUT2D eigenvalue weighted by atomic mass is 9.55. The Labute approximate surface area is 105 Å². The summed E-state index contributed by atoms with van der Waals surface area (Å²) in [6, 6.07) is 0.648. The molecule has 100 valence electrons. The van der Waals surface area contributed by atoms with E-state index in [1.807, 2.05) is 0 Å². The molecule has 0 amide bonds. The summed E-state index contributed by atoms with van der Waals surface area (Å²) in [5, 5.41) is 3.73. The average Bonchev–Trinajstić information content (AvgIpc) is 2.33. The molecule has 17 heavy (non-hydrogen) atoms. The molecule has 3 heteroatoms. The van der Waals surface area contributed by atoms with E-state index >= 15 is 0 Å². The largest absolute Gasteiger partial charge is 0.385 e. The van der Waals surface area contributed by atoms with Crippen molar-refractivity contribution in [1.82, 2.24) is 5.32 Å². The standard InChI is InChI=1S/C14H27NO2/c1-14(2)12(15-8-4-5-9-16-3)11-7-6-10-17-13(11)14/h11-13,15H,4-10H2,1-3H3. The molecular formula is C14H27NO2. The van der Waals surface area contributed by atoms with Gasteiger partial charge in [-0.15, -0.1) is 0 Å². The Hall–Kier alpha value is -0.120. The number of rotatable bonds is 6. The maximum absolute atomic E-state index is 5.91.